The van der Waals surface area contributed by atoms with Gasteiger partial charge in [-0.15, -0.1) is 0 Å². The minimum absolute atomic E-state index is 0.374. The van der Waals surface area contributed by atoms with Crippen LogP contribution in [-0.4, -0.2) is 13.1 Å². The molecule has 0 radical (unpaired) electrons. The van der Waals surface area contributed by atoms with Crippen LogP contribution in [0.4, 0.5) is 4.39 Å². The third kappa shape index (κ3) is 2.49. The van der Waals surface area contributed by atoms with Gasteiger partial charge in [0, 0.05) is 0 Å². The van der Waals surface area contributed by atoms with Gasteiger partial charge in [-0.25, -0.2) is 0 Å². The first-order chi connectivity index (χ1) is 7.24. The van der Waals surface area contributed by atoms with Crippen LogP contribution < -0.4 is 30.7 Å². The second kappa shape index (κ2) is 4.76. The standard InChI is InChI=1S/C11H15FIN2/c12-11(5-7-15-8-6-11)9-1-3-10(13-14)4-2-9/h1-4,15H,5-8,14H2/q-1. The molecule has 2 rings (SSSR count). The van der Waals surface area contributed by atoms with Crippen molar-refractivity contribution >= 4 is 0 Å². The van der Waals surface area contributed by atoms with Crippen LogP contribution >= 0.6 is 0 Å². The van der Waals surface area contributed by atoms with E-state index in [2.05, 4.69) is 5.32 Å². The fraction of sp³-hybridized carbons (Fsp3) is 0.455. The van der Waals surface area contributed by atoms with Crippen LogP contribution in [0.5, 0.6) is 0 Å². The van der Waals surface area contributed by atoms with Gasteiger partial charge < -0.3 is 0 Å². The Bertz CT molecular complexity index is 320. The molecule has 1 fully saturated rings. The van der Waals surface area contributed by atoms with E-state index in [-0.39, 0.29) is 21.5 Å². The summed E-state index contributed by atoms with van der Waals surface area (Å²) in [6.45, 7) is 1.53. The zero-order chi connectivity index (χ0) is 10.7. The maximum atomic E-state index is 14.5. The predicted molar refractivity (Wildman–Crippen MR) is 54.2 cm³/mol. The van der Waals surface area contributed by atoms with Crippen molar-refractivity contribution in [2.75, 3.05) is 13.1 Å². The molecule has 1 aliphatic heterocycles. The summed E-state index contributed by atoms with van der Waals surface area (Å²) >= 11 is -0.374. The van der Waals surface area contributed by atoms with Gasteiger partial charge in [0.1, 0.15) is 0 Å². The molecule has 0 atom stereocenters. The second-order valence-electron chi connectivity index (χ2n) is 3.83. The molecule has 1 heterocycles. The number of nitrogens with two attached hydrogens (primary N) is 1. The van der Waals surface area contributed by atoms with Crippen molar-refractivity contribution in [2.24, 2.45) is 3.95 Å². The number of halogens is 2. The molecule has 2 nitrogen and oxygen atoms in total. The normalized spacial score (nSPS) is 20.4. The molecular formula is C11H15FIN2-. The minimum atomic E-state index is -1.13. The van der Waals surface area contributed by atoms with Crippen LogP contribution in [0, 0.1) is 3.57 Å². The Kier molecular flexibility index (Phi) is 3.58. The molecule has 0 spiro atoms. The van der Waals surface area contributed by atoms with E-state index in [1.54, 1.807) is 0 Å². The average Bonchev–Trinajstić information content (AvgIpc) is 2.30. The monoisotopic (exact) mass is 321 g/mol. The Labute approximate surface area is 100 Å². The predicted octanol–water partition coefficient (Wildman–Crippen LogP) is -1.63. The van der Waals surface area contributed by atoms with Gasteiger partial charge in [0.05, 0.1) is 0 Å². The topological polar surface area (TPSA) is 38.0 Å². The van der Waals surface area contributed by atoms with Crippen LogP contribution in [0.15, 0.2) is 24.3 Å². The summed E-state index contributed by atoms with van der Waals surface area (Å²) in [4.78, 5) is 0. The molecule has 1 aromatic carbocycles. The van der Waals surface area contributed by atoms with E-state index in [1.165, 1.54) is 0 Å². The molecule has 4 heteroatoms. The first-order valence-electron chi connectivity index (χ1n) is 5.08. The summed E-state index contributed by atoms with van der Waals surface area (Å²) in [7, 11) is 0. The van der Waals surface area contributed by atoms with E-state index < -0.39 is 5.67 Å². The van der Waals surface area contributed by atoms with Gasteiger partial charge >= 0.3 is 100 Å². The molecule has 15 heavy (non-hydrogen) atoms. The molecule has 0 aliphatic carbocycles. The van der Waals surface area contributed by atoms with E-state index in [0.717, 1.165) is 22.2 Å². The average molecular weight is 321 g/mol. The first kappa shape index (κ1) is 11.3. The summed E-state index contributed by atoms with van der Waals surface area (Å²) in [5.74, 6) is 0. The number of hydrogen-bond acceptors (Lipinski definition) is 2. The van der Waals surface area contributed by atoms with Crippen LogP contribution in [0.1, 0.15) is 18.4 Å². The fourth-order valence-electron chi connectivity index (χ4n) is 1.93. The number of rotatable bonds is 2. The summed E-state index contributed by atoms with van der Waals surface area (Å²) in [5, 5.41) is 3.18. The molecule has 1 aromatic rings. The number of piperidine rings is 1. The van der Waals surface area contributed by atoms with Crippen molar-refractivity contribution in [3.8, 4) is 0 Å². The number of benzene rings is 1. The van der Waals surface area contributed by atoms with E-state index >= 15 is 0 Å². The second-order valence-corrected chi connectivity index (χ2v) is 5.70. The molecule has 3 N–H and O–H groups in total. The van der Waals surface area contributed by atoms with Gasteiger partial charge in [-0.05, 0) is 0 Å². The van der Waals surface area contributed by atoms with E-state index in [4.69, 9.17) is 3.95 Å². The third-order valence-electron chi connectivity index (χ3n) is 2.88. The molecule has 1 saturated heterocycles. The van der Waals surface area contributed by atoms with Crippen molar-refractivity contribution in [1.29, 1.82) is 0 Å². The van der Waals surface area contributed by atoms with Crippen LogP contribution in [0.3, 0.4) is 0 Å². The Morgan fingerprint density at radius 1 is 1.20 bits per heavy atom. The van der Waals surface area contributed by atoms with Crippen molar-refractivity contribution in [3.05, 3.63) is 33.4 Å². The Balaban J connectivity index is 2.20. The molecular weight excluding hydrogens is 306 g/mol. The molecule has 84 valence electrons. The SMILES string of the molecule is N[I-]c1ccc(C2(F)CCNCC2)cc1. The zero-order valence-corrected chi connectivity index (χ0v) is 10.6. The summed E-state index contributed by atoms with van der Waals surface area (Å²) < 4.78 is 21.3. The van der Waals surface area contributed by atoms with Crippen molar-refractivity contribution in [2.45, 2.75) is 18.5 Å². The van der Waals surface area contributed by atoms with Crippen molar-refractivity contribution < 1.29 is 25.9 Å². The molecule has 0 amide bonds. The van der Waals surface area contributed by atoms with E-state index in [0.29, 0.717) is 12.8 Å². The Hall–Kier alpha value is -0.200. The van der Waals surface area contributed by atoms with Gasteiger partial charge in [-0.2, -0.15) is 0 Å². The number of nitrogens with one attached hydrogen (secondary N) is 1. The van der Waals surface area contributed by atoms with Gasteiger partial charge in [-0.1, -0.05) is 0 Å². The summed E-state index contributed by atoms with van der Waals surface area (Å²) in [6, 6.07) is 7.72. The van der Waals surface area contributed by atoms with Crippen LogP contribution in [0.25, 0.3) is 0 Å². The van der Waals surface area contributed by atoms with Crippen LogP contribution in [0.2, 0.25) is 0 Å². The molecule has 0 saturated carbocycles. The van der Waals surface area contributed by atoms with Crippen LogP contribution in [-0.2, 0) is 5.67 Å². The van der Waals surface area contributed by atoms with Gasteiger partial charge in [0.2, 0.25) is 0 Å². The van der Waals surface area contributed by atoms with Gasteiger partial charge in [-0.3, -0.25) is 0 Å². The molecule has 1 aliphatic rings. The van der Waals surface area contributed by atoms with E-state index in [1.807, 2.05) is 24.3 Å². The molecule has 0 bridgehead atoms. The Morgan fingerprint density at radius 3 is 2.33 bits per heavy atom. The quantitative estimate of drug-likeness (QED) is 0.507. The van der Waals surface area contributed by atoms with Gasteiger partial charge in [0.15, 0.2) is 0 Å². The molecule has 0 unspecified atom stereocenters. The first-order valence-corrected chi connectivity index (χ1v) is 7.41. The Morgan fingerprint density at radius 2 is 1.80 bits per heavy atom. The zero-order valence-electron chi connectivity index (χ0n) is 8.47. The fourth-order valence-corrected chi connectivity index (χ4v) is 2.71. The number of alkyl halides is 1. The van der Waals surface area contributed by atoms with E-state index in [9.17, 15) is 4.39 Å². The summed E-state index contributed by atoms with van der Waals surface area (Å²) in [5.41, 5.74) is -0.318. The molecule has 0 aromatic heterocycles. The number of hydrogen-bond donors (Lipinski definition) is 2. The van der Waals surface area contributed by atoms with Gasteiger partial charge in [0.25, 0.3) is 0 Å². The maximum absolute atomic E-state index is 14.5. The van der Waals surface area contributed by atoms with Crippen molar-refractivity contribution in [1.82, 2.24) is 5.32 Å². The van der Waals surface area contributed by atoms with Crippen molar-refractivity contribution in [3.63, 3.8) is 0 Å². The summed E-state index contributed by atoms with van der Waals surface area (Å²) in [6.07, 6.45) is 1.15. The third-order valence-corrected chi connectivity index (χ3v) is 4.32.